The molecule has 0 aliphatic heterocycles. The lowest BCUT2D eigenvalue weighted by atomic mass is 9.68. The summed E-state index contributed by atoms with van der Waals surface area (Å²) in [5.41, 5.74) is -1.18. The topological polar surface area (TPSA) is 69.4 Å². The molecule has 0 spiro atoms. The summed E-state index contributed by atoms with van der Waals surface area (Å²) in [5, 5.41) is 10.4. The maximum atomic E-state index is 13.4. The van der Waals surface area contributed by atoms with E-state index < -0.39 is 21.8 Å². The molecular formula is C12H12FNO4. The zero-order valence-corrected chi connectivity index (χ0v) is 9.97. The Balaban J connectivity index is 2.15. The van der Waals surface area contributed by atoms with E-state index in [1.807, 2.05) is 0 Å². The SMILES string of the molecule is CC1(C)C(=O)CC1Oc1ccc([N+](=O)[O-])c(F)c1. The van der Waals surface area contributed by atoms with E-state index >= 15 is 0 Å². The Labute approximate surface area is 103 Å². The third kappa shape index (κ3) is 1.94. The van der Waals surface area contributed by atoms with Crippen LogP contribution in [0, 0.1) is 21.3 Å². The van der Waals surface area contributed by atoms with Crippen molar-refractivity contribution in [1.29, 1.82) is 0 Å². The number of rotatable bonds is 3. The summed E-state index contributed by atoms with van der Waals surface area (Å²) in [6.07, 6.45) is -0.0307. The van der Waals surface area contributed by atoms with Gasteiger partial charge in [0.25, 0.3) is 0 Å². The summed E-state index contributed by atoms with van der Waals surface area (Å²) in [4.78, 5) is 21.0. The fraction of sp³-hybridized carbons (Fsp3) is 0.417. The predicted molar refractivity (Wildman–Crippen MR) is 60.9 cm³/mol. The number of ketones is 1. The molecule has 1 aromatic rings. The Morgan fingerprint density at radius 3 is 2.61 bits per heavy atom. The second kappa shape index (κ2) is 4.04. The second-order valence-electron chi connectivity index (χ2n) is 4.83. The van der Waals surface area contributed by atoms with Crippen LogP contribution >= 0.6 is 0 Å². The van der Waals surface area contributed by atoms with Gasteiger partial charge in [0.1, 0.15) is 17.6 Å². The minimum absolute atomic E-state index is 0.0925. The number of nitrogens with zero attached hydrogens (tertiary/aromatic N) is 1. The Morgan fingerprint density at radius 2 is 2.17 bits per heavy atom. The van der Waals surface area contributed by atoms with E-state index in [1.165, 1.54) is 6.07 Å². The van der Waals surface area contributed by atoms with Crippen LogP contribution in [-0.4, -0.2) is 16.8 Å². The van der Waals surface area contributed by atoms with Crippen molar-refractivity contribution in [2.75, 3.05) is 0 Å². The van der Waals surface area contributed by atoms with Gasteiger partial charge in [0, 0.05) is 18.6 Å². The van der Waals surface area contributed by atoms with Crippen LogP contribution in [-0.2, 0) is 4.79 Å². The molecule has 0 amide bonds. The number of ether oxygens (including phenoxy) is 1. The molecule has 1 unspecified atom stereocenters. The van der Waals surface area contributed by atoms with Crippen molar-refractivity contribution in [2.24, 2.45) is 5.41 Å². The van der Waals surface area contributed by atoms with Gasteiger partial charge in [0.05, 0.1) is 10.3 Å². The third-order valence-corrected chi connectivity index (χ3v) is 3.29. The zero-order valence-electron chi connectivity index (χ0n) is 9.97. The summed E-state index contributed by atoms with van der Waals surface area (Å²) in [6, 6.07) is 3.36. The van der Waals surface area contributed by atoms with Gasteiger partial charge in [-0.1, -0.05) is 0 Å². The highest BCUT2D eigenvalue weighted by Crippen LogP contribution is 2.39. The fourth-order valence-corrected chi connectivity index (χ4v) is 1.80. The molecule has 0 bridgehead atoms. The molecule has 18 heavy (non-hydrogen) atoms. The number of nitro groups is 1. The van der Waals surface area contributed by atoms with Gasteiger partial charge in [-0.3, -0.25) is 14.9 Å². The number of hydrogen-bond donors (Lipinski definition) is 0. The molecule has 1 aromatic carbocycles. The Hall–Kier alpha value is -1.98. The molecule has 1 aliphatic carbocycles. The normalized spacial score (nSPS) is 21.3. The molecule has 0 heterocycles. The first kappa shape index (κ1) is 12.5. The Bertz CT molecular complexity index is 527. The van der Waals surface area contributed by atoms with E-state index in [0.717, 1.165) is 12.1 Å². The van der Waals surface area contributed by atoms with Crippen LogP contribution in [0.25, 0.3) is 0 Å². The summed E-state index contributed by atoms with van der Waals surface area (Å²) < 4.78 is 18.8. The number of hydrogen-bond acceptors (Lipinski definition) is 4. The summed E-state index contributed by atoms with van der Waals surface area (Å²) in [6.45, 7) is 3.51. The molecule has 1 aliphatic rings. The average molecular weight is 253 g/mol. The van der Waals surface area contributed by atoms with Crippen molar-refractivity contribution in [3.63, 3.8) is 0 Å². The lowest BCUT2D eigenvalue weighted by Crippen LogP contribution is -2.52. The van der Waals surface area contributed by atoms with Gasteiger partial charge in [-0.2, -0.15) is 4.39 Å². The molecule has 96 valence electrons. The van der Waals surface area contributed by atoms with Crippen LogP contribution < -0.4 is 4.74 Å². The van der Waals surface area contributed by atoms with Crippen LogP contribution in [0.15, 0.2) is 18.2 Å². The van der Waals surface area contributed by atoms with Gasteiger partial charge in [-0.05, 0) is 19.9 Å². The highest BCUT2D eigenvalue weighted by Gasteiger charge is 2.49. The maximum absolute atomic E-state index is 13.4. The predicted octanol–water partition coefficient (Wildman–Crippen LogP) is 2.48. The molecule has 1 saturated carbocycles. The number of benzene rings is 1. The summed E-state index contributed by atoms with van der Waals surface area (Å²) in [7, 11) is 0. The van der Waals surface area contributed by atoms with Gasteiger partial charge in [0.15, 0.2) is 0 Å². The van der Waals surface area contributed by atoms with Crippen molar-refractivity contribution in [3.05, 3.63) is 34.1 Å². The highest BCUT2D eigenvalue weighted by atomic mass is 19.1. The summed E-state index contributed by atoms with van der Waals surface area (Å²) in [5.74, 6) is -0.653. The number of carbonyl (C=O) groups is 1. The first-order valence-corrected chi connectivity index (χ1v) is 5.46. The lowest BCUT2D eigenvalue weighted by Gasteiger charge is -2.41. The van der Waals surface area contributed by atoms with Crippen LogP contribution in [0.4, 0.5) is 10.1 Å². The molecule has 0 N–H and O–H groups in total. The number of halogens is 1. The minimum atomic E-state index is -0.944. The van der Waals surface area contributed by atoms with Gasteiger partial charge >= 0.3 is 5.69 Å². The Morgan fingerprint density at radius 1 is 1.50 bits per heavy atom. The molecule has 1 atom stereocenters. The second-order valence-corrected chi connectivity index (χ2v) is 4.83. The van der Waals surface area contributed by atoms with E-state index in [2.05, 4.69) is 0 Å². The highest BCUT2D eigenvalue weighted by molar-refractivity contribution is 5.91. The number of carbonyl (C=O) groups excluding carboxylic acids is 1. The molecular weight excluding hydrogens is 241 g/mol. The third-order valence-electron chi connectivity index (χ3n) is 3.29. The van der Waals surface area contributed by atoms with Crippen LogP contribution in [0.1, 0.15) is 20.3 Å². The number of nitro benzene ring substituents is 1. The molecule has 0 saturated heterocycles. The minimum Gasteiger partial charge on any atom is -0.489 e. The van der Waals surface area contributed by atoms with E-state index in [0.29, 0.717) is 0 Å². The van der Waals surface area contributed by atoms with Crippen molar-refractivity contribution < 1.29 is 18.8 Å². The maximum Gasteiger partial charge on any atom is 0.305 e. The quantitative estimate of drug-likeness (QED) is 0.613. The standard InChI is InChI=1S/C12H12FNO4/c1-12(2)10(15)6-11(12)18-7-3-4-9(14(16)17)8(13)5-7/h3-5,11H,6H2,1-2H3. The molecule has 1 fully saturated rings. The van der Waals surface area contributed by atoms with Crippen LogP contribution in [0.2, 0.25) is 0 Å². The van der Waals surface area contributed by atoms with E-state index in [9.17, 15) is 19.3 Å². The summed E-state index contributed by atoms with van der Waals surface area (Å²) >= 11 is 0. The lowest BCUT2D eigenvalue weighted by molar-refractivity contribution is -0.387. The van der Waals surface area contributed by atoms with Gasteiger partial charge in [0.2, 0.25) is 5.82 Å². The monoisotopic (exact) mass is 253 g/mol. The van der Waals surface area contributed by atoms with E-state index in [4.69, 9.17) is 4.74 Å². The smallest absolute Gasteiger partial charge is 0.305 e. The van der Waals surface area contributed by atoms with Crippen LogP contribution in [0.5, 0.6) is 5.75 Å². The number of Topliss-reactive ketones (excluding diaryl/α,β-unsaturated/α-hetero) is 1. The molecule has 0 radical (unpaired) electrons. The van der Waals surface area contributed by atoms with Gasteiger partial charge in [-0.25, -0.2) is 0 Å². The average Bonchev–Trinajstić information content (AvgIpc) is 2.28. The first-order chi connectivity index (χ1) is 8.32. The molecule has 0 aromatic heterocycles. The van der Waals surface area contributed by atoms with E-state index in [1.54, 1.807) is 13.8 Å². The van der Waals surface area contributed by atoms with Crippen molar-refractivity contribution >= 4 is 11.5 Å². The van der Waals surface area contributed by atoms with E-state index in [-0.39, 0.29) is 24.1 Å². The van der Waals surface area contributed by atoms with Crippen molar-refractivity contribution in [2.45, 2.75) is 26.4 Å². The first-order valence-electron chi connectivity index (χ1n) is 5.46. The van der Waals surface area contributed by atoms with Crippen molar-refractivity contribution in [1.82, 2.24) is 0 Å². The largest absolute Gasteiger partial charge is 0.489 e. The Kier molecular flexibility index (Phi) is 2.80. The fourth-order valence-electron chi connectivity index (χ4n) is 1.80. The van der Waals surface area contributed by atoms with Gasteiger partial charge in [-0.15, -0.1) is 0 Å². The van der Waals surface area contributed by atoms with Crippen LogP contribution in [0.3, 0.4) is 0 Å². The zero-order chi connectivity index (χ0) is 13.5. The van der Waals surface area contributed by atoms with Crippen molar-refractivity contribution in [3.8, 4) is 5.75 Å². The molecule has 5 nitrogen and oxygen atoms in total. The molecule has 2 rings (SSSR count). The molecule has 6 heteroatoms. The van der Waals surface area contributed by atoms with Gasteiger partial charge < -0.3 is 4.74 Å².